The zero-order valence-corrected chi connectivity index (χ0v) is 12.1. The van der Waals surface area contributed by atoms with Crippen molar-refractivity contribution in [3.8, 4) is 5.75 Å². The van der Waals surface area contributed by atoms with Crippen LogP contribution in [-0.4, -0.2) is 25.2 Å². The molecule has 0 bridgehead atoms. The van der Waals surface area contributed by atoms with Crippen molar-refractivity contribution in [2.75, 3.05) is 18.0 Å². The molecule has 0 aromatic heterocycles. The first-order valence-electron chi connectivity index (χ1n) is 7.50. The number of rotatable bonds is 5. The van der Waals surface area contributed by atoms with Gasteiger partial charge in [0.15, 0.2) is 0 Å². The van der Waals surface area contributed by atoms with Crippen LogP contribution in [0.25, 0.3) is 0 Å². The SMILES string of the molecule is CCC(CC)Oc1cccc(N2CCCC(N)C2)c1. The summed E-state index contributed by atoms with van der Waals surface area (Å²) in [6, 6.07) is 8.73. The molecule has 0 radical (unpaired) electrons. The molecule has 1 aliphatic heterocycles. The van der Waals surface area contributed by atoms with E-state index in [1.165, 1.54) is 12.1 Å². The van der Waals surface area contributed by atoms with Crippen LogP contribution >= 0.6 is 0 Å². The van der Waals surface area contributed by atoms with Crippen LogP contribution in [-0.2, 0) is 0 Å². The fourth-order valence-electron chi connectivity index (χ4n) is 2.65. The van der Waals surface area contributed by atoms with Gasteiger partial charge in [0.1, 0.15) is 5.75 Å². The minimum absolute atomic E-state index is 0.303. The van der Waals surface area contributed by atoms with Crippen LogP contribution in [0.1, 0.15) is 39.5 Å². The quantitative estimate of drug-likeness (QED) is 0.885. The first-order chi connectivity index (χ1) is 9.22. The Morgan fingerprint density at radius 3 is 2.84 bits per heavy atom. The summed E-state index contributed by atoms with van der Waals surface area (Å²) in [5, 5.41) is 0. The van der Waals surface area contributed by atoms with Gasteiger partial charge in [0.25, 0.3) is 0 Å². The third-order valence-electron chi connectivity index (χ3n) is 3.85. The highest BCUT2D eigenvalue weighted by Gasteiger charge is 2.17. The van der Waals surface area contributed by atoms with Crippen molar-refractivity contribution in [3.05, 3.63) is 24.3 Å². The molecule has 1 heterocycles. The maximum Gasteiger partial charge on any atom is 0.121 e. The van der Waals surface area contributed by atoms with Crippen molar-refractivity contribution in [3.63, 3.8) is 0 Å². The molecule has 2 rings (SSSR count). The second-order valence-corrected chi connectivity index (χ2v) is 5.40. The normalized spacial score (nSPS) is 19.8. The van der Waals surface area contributed by atoms with E-state index in [0.29, 0.717) is 12.1 Å². The molecule has 1 saturated heterocycles. The van der Waals surface area contributed by atoms with Gasteiger partial charge in [-0.25, -0.2) is 0 Å². The summed E-state index contributed by atoms with van der Waals surface area (Å²) in [5.41, 5.74) is 7.29. The number of ether oxygens (including phenoxy) is 1. The third-order valence-corrected chi connectivity index (χ3v) is 3.85. The summed E-state index contributed by atoms with van der Waals surface area (Å²) in [6.07, 6.45) is 4.74. The van der Waals surface area contributed by atoms with E-state index in [9.17, 15) is 0 Å². The van der Waals surface area contributed by atoms with Gasteiger partial charge >= 0.3 is 0 Å². The van der Waals surface area contributed by atoms with E-state index in [1.807, 2.05) is 6.07 Å². The van der Waals surface area contributed by atoms with E-state index >= 15 is 0 Å². The van der Waals surface area contributed by atoms with Crippen LogP contribution in [0.5, 0.6) is 5.75 Å². The van der Waals surface area contributed by atoms with Crippen LogP contribution in [0.2, 0.25) is 0 Å². The topological polar surface area (TPSA) is 38.5 Å². The first-order valence-corrected chi connectivity index (χ1v) is 7.50. The lowest BCUT2D eigenvalue weighted by atomic mass is 10.1. The van der Waals surface area contributed by atoms with Crippen molar-refractivity contribution in [1.29, 1.82) is 0 Å². The molecular weight excluding hydrogens is 236 g/mol. The molecular formula is C16H26N2O. The summed E-state index contributed by atoms with van der Waals surface area (Å²) in [4.78, 5) is 2.37. The Morgan fingerprint density at radius 1 is 1.37 bits per heavy atom. The molecule has 19 heavy (non-hydrogen) atoms. The van der Waals surface area contributed by atoms with E-state index in [0.717, 1.165) is 38.1 Å². The Bertz CT molecular complexity index is 390. The van der Waals surface area contributed by atoms with Gasteiger partial charge in [0.05, 0.1) is 6.10 Å². The van der Waals surface area contributed by atoms with Crippen LogP contribution < -0.4 is 15.4 Å². The van der Waals surface area contributed by atoms with Crippen LogP contribution in [0.4, 0.5) is 5.69 Å². The number of nitrogens with zero attached hydrogens (tertiary/aromatic N) is 1. The lowest BCUT2D eigenvalue weighted by molar-refractivity contribution is 0.193. The average molecular weight is 262 g/mol. The molecule has 0 spiro atoms. The molecule has 3 nitrogen and oxygen atoms in total. The first kappa shape index (κ1) is 14.2. The lowest BCUT2D eigenvalue weighted by Crippen LogP contribution is -2.42. The molecule has 1 atom stereocenters. The van der Waals surface area contributed by atoms with E-state index in [1.54, 1.807) is 0 Å². The van der Waals surface area contributed by atoms with Crippen LogP contribution in [0.3, 0.4) is 0 Å². The molecule has 3 heteroatoms. The zero-order valence-electron chi connectivity index (χ0n) is 12.1. The van der Waals surface area contributed by atoms with Crippen molar-refractivity contribution >= 4 is 5.69 Å². The highest BCUT2D eigenvalue weighted by molar-refractivity contribution is 5.51. The van der Waals surface area contributed by atoms with Gasteiger partial charge < -0.3 is 15.4 Å². The van der Waals surface area contributed by atoms with Crippen molar-refractivity contribution in [2.24, 2.45) is 5.73 Å². The molecule has 1 aliphatic rings. The number of piperidine rings is 1. The van der Waals surface area contributed by atoms with Crippen molar-refractivity contribution < 1.29 is 4.74 Å². The molecule has 1 unspecified atom stereocenters. The summed E-state index contributed by atoms with van der Waals surface area (Å²) in [5.74, 6) is 0.977. The number of benzene rings is 1. The number of hydrogen-bond acceptors (Lipinski definition) is 3. The molecule has 0 amide bonds. The Labute approximate surface area is 116 Å². The second kappa shape index (κ2) is 6.80. The molecule has 1 aromatic rings. The lowest BCUT2D eigenvalue weighted by Gasteiger charge is -2.32. The highest BCUT2D eigenvalue weighted by atomic mass is 16.5. The maximum atomic E-state index is 6.05. The Kier molecular flexibility index (Phi) is 5.08. The fourth-order valence-corrected chi connectivity index (χ4v) is 2.65. The Hall–Kier alpha value is -1.22. The van der Waals surface area contributed by atoms with E-state index < -0.39 is 0 Å². The molecule has 1 aromatic carbocycles. The number of nitrogens with two attached hydrogens (primary N) is 1. The molecule has 0 aliphatic carbocycles. The summed E-state index contributed by atoms with van der Waals surface area (Å²) >= 11 is 0. The van der Waals surface area contributed by atoms with Gasteiger partial charge in [-0.2, -0.15) is 0 Å². The average Bonchev–Trinajstić information content (AvgIpc) is 2.45. The number of hydrogen-bond donors (Lipinski definition) is 1. The standard InChI is InChI=1S/C16H26N2O/c1-3-15(4-2)19-16-9-5-8-14(11-16)18-10-6-7-13(17)12-18/h5,8-9,11,13,15H,3-4,6-7,10,12,17H2,1-2H3. The minimum Gasteiger partial charge on any atom is -0.490 e. The van der Waals surface area contributed by atoms with Crippen LogP contribution in [0.15, 0.2) is 24.3 Å². The predicted molar refractivity (Wildman–Crippen MR) is 80.9 cm³/mol. The highest BCUT2D eigenvalue weighted by Crippen LogP contribution is 2.25. The van der Waals surface area contributed by atoms with Gasteiger partial charge in [-0.1, -0.05) is 19.9 Å². The molecule has 106 valence electrons. The Balaban J connectivity index is 2.05. The fraction of sp³-hybridized carbons (Fsp3) is 0.625. The smallest absolute Gasteiger partial charge is 0.121 e. The largest absolute Gasteiger partial charge is 0.490 e. The Morgan fingerprint density at radius 2 is 2.16 bits per heavy atom. The molecule has 0 saturated carbocycles. The molecule has 1 fully saturated rings. The third kappa shape index (κ3) is 3.87. The summed E-state index contributed by atoms with van der Waals surface area (Å²) in [6.45, 7) is 6.39. The predicted octanol–water partition coefficient (Wildman–Crippen LogP) is 3.18. The summed E-state index contributed by atoms with van der Waals surface area (Å²) in [7, 11) is 0. The maximum absolute atomic E-state index is 6.05. The van der Waals surface area contributed by atoms with Gasteiger partial charge in [-0.05, 0) is 37.8 Å². The monoisotopic (exact) mass is 262 g/mol. The van der Waals surface area contributed by atoms with Crippen LogP contribution in [0, 0.1) is 0 Å². The second-order valence-electron chi connectivity index (χ2n) is 5.40. The molecule has 2 N–H and O–H groups in total. The van der Waals surface area contributed by atoms with Gasteiger partial charge in [-0.15, -0.1) is 0 Å². The van der Waals surface area contributed by atoms with Gasteiger partial charge in [0, 0.05) is 30.9 Å². The zero-order chi connectivity index (χ0) is 13.7. The van der Waals surface area contributed by atoms with E-state index in [-0.39, 0.29) is 0 Å². The number of anilines is 1. The van der Waals surface area contributed by atoms with Gasteiger partial charge in [0.2, 0.25) is 0 Å². The van der Waals surface area contributed by atoms with Crippen molar-refractivity contribution in [1.82, 2.24) is 0 Å². The minimum atomic E-state index is 0.303. The van der Waals surface area contributed by atoms with Gasteiger partial charge in [-0.3, -0.25) is 0 Å². The van der Waals surface area contributed by atoms with E-state index in [4.69, 9.17) is 10.5 Å². The summed E-state index contributed by atoms with van der Waals surface area (Å²) < 4.78 is 6.01. The van der Waals surface area contributed by atoms with Crippen molar-refractivity contribution in [2.45, 2.75) is 51.7 Å². The van der Waals surface area contributed by atoms with E-state index in [2.05, 4.69) is 36.9 Å².